The maximum atomic E-state index is 13.5. The molecule has 1 aliphatic rings. The zero-order valence-electron chi connectivity index (χ0n) is 10.9. The number of nitro benzene ring substituents is 1. The van der Waals surface area contributed by atoms with Gasteiger partial charge in [-0.1, -0.05) is 12.8 Å². The van der Waals surface area contributed by atoms with Gasteiger partial charge in [0, 0.05) is 12.6 Å². The molecule has 1 N–H and O–H groups in total. The lowest BCUT2D eigenvalue weighted by Gasteiger charge is -2.08. The van der Waals surface area contributed by atoms with Crippen LogP contribution in [0.1, 0.15) is 24.8 Å². The fourth-order valence-corrected chi connectivity index (χ4v) is 3.05. The molecule has 1 aromatic rings. The van der Waals surface area contributed by atoms with Gasteiger partial charge < -0.3 is 0 Å². The van der Waals surface area contributed by atoms with Crippen molar-refractivity contribution in [3.05, 3.63) is 33.6 Å². The normalized spacial score (nSPS) is 15.3. The van der Waals surface area contributed by atoms with Crippen LogP contribution in [0, 0.1) is 28.8 Å². The van der Waals surface area contributed by atoms with Crippen molar-refractivity contribution in [1.29, 1.82) is 0 Å². The largest absolute Gasteiger partial charge is 0.306 e. The summed E-state index contributed by atoms with van der Waals surface area (Å²) >= 11 is 0. The quantitative estimate of drug-likeness (QED) is 0.644. The fraction of sp³-hybridized carbons (Fsp3) is 0.500. The zero-order chi connectivity index (χ0) is 14.9. The van der Waals surface area contributed by atoms with Crippen LogP contribution in [0.5, 0.6) is 0 Å². The van der Waals surface area contributed by atoms with E-state index in [4.69, 9.17) is 0 Å². The van der Waals surface area contributed by atoms with Crippen molar-refractivity contribution in [3.8, 4) is 0 Å². The number of nitrogens with zero attached hydrogens (tertiary/aromatic N) is 1. The first-order valence-corrected chi connectivity index (χ1v) is 7.74. The standard InChI is InChI=1S/C12H15FN2O4S/c1-8-6-10(7-11(12(8)13)15(16)17)20(18,19)14-5-4-9-2-3-9/h6-7,9,14H,2-5H2,1H3. The van der Waals surface area contributed by atoms with Gasteiger partial charge >= 0.3 is 5.69 Å². The molecule has 8 heteroatoms. The summed E-state index contributed by atoms with van der Waals surface area (Å²) in [5.74, 6) is -0.436. The Morgan fingerprint density at radius 1 is 1.45 bits per heavy atom. The number of benzene rings is 1. The van der Waals surface area contributed by atoms with Gasteiger partial charge in [0.25, 0.3) is 0 Å². The number of rotatable bonds is 6. The molecule has 0 amide bonds. The molecule has 0 aliphatic heterocycles. The highest BCUT2D eigenvalue weighted by Gasteiger charge is 2.25. The summed E-state index contributed by atoms with van der Waals surface area (Å²) in [6.07, 6.45) is 2.98. The van der Waals surface area contributed by atoms with Crippen LogP contribution in [0.4, 0.5) is 10.1 Å². The molecule has 20 heavy (non-hydrogen) atoms. The Balaban J connectivity index is 2.23. The Morgan fingerprint density at radius 2 is 2.10 bits per heavy atom. The van der Waals surface area contributed by atoms with E-state index in [0.717, 1.165) is 31.4 Å². The molecule has 1 aliphatic carbocycles. The van der Waals surface area contributed by atoms with E-state index in [-0.39, 0.29) is 17.0 Å². The van der Waals surface area contributed by atoms with E-state index < -0.39 is 26.5 Å². The molecule has 1 aromatic carbocycles. The van der Waals surface area contributed by atoms with E-state index in [2.05, 4.69) is 4.72 Å². The minimum absolute atomic E-state index is 0.0678. The average Bonchev–Trinajstić information content (AvgIpc) is 3.15. The van der Waals surface area contributed by atoms with Crippen molar-refractivity contribution in [2.75, 3.05) is 6.54 Å². The predicted molar refractivity (Wildman–Crippen MR) is 70.3 cm³/mol. The molecule has 110 valence electrons. The Hall–Kier alpha value is -1.54. The van der Waals surface area contributed by atoms with E-state index in [1.165, 1.54) is 6.92 Å². The van der Waals surface area contributed by atoms with Gasteiger partial charge in [0.1, 0.15) is 0 Å². The van der Waals surface area contributed by atoms with Crippen molar-refractivity contribution in [2.45, 2.75) is 31.1 Å². The molecule has 0 bridgehead atoms. The van der Waals surface area contributed by atoms with Gasteiger partial charge in [0.05, 0.1) is 9.82 Å². The predicted octanol–water partition coefficient (Wildman–Crippen LogP) is 2.12. The van der Waals surface area contributed by atoms with Gasteiger partial charge in [0.2, 0.25) is 15.8 Å². The van der Waals surface area contributed by atoms with E-state index in [1.54, 1.807) is 0 Å². The van der Waals surface area contributed by atoms with Gasteiger partial charge in [-0.25, -0.2) is 13.1 Å². The second kappa shape index (κ2) is 5.45. The highest BCUT2D eigenvalue weighted by atomic mass is 32.2. The van der Waals surface area contributed by atoms with Crippen LogP contribution in [-0.4, -0.2) is 19.9 Å². The lowest BCUT2D eigenvalue weighted by molar-refractivity contribution is -0.387. The molecular formula is C12H15FN2O4S. The van der Waals surface area contributed by atoms with Gasteiger partial charge in [0.15, 0.2) is 0 Å². The summed E-state index contributed by atoms with van der Waals surface area (Å²) in [7, 11) is -3.84. The zero-order valence-corrected chi connectivity index (χ0v) is 11.7. The number of aryl methyl sites for hydroxylation is 1. The molecule has 0 radical (unpaired) electrons. The molecule has 6 nitrogen and oxygen atoms in total. The van der Waals surface area contributed by atoms with Gasteiger partial charge in [-0.2, -0.15) is 4.39 Å². The van der Waals surface area contributed by atoms with Crippen LogP contribution in [0.15, 0.2) is 17.0 Å². The summed E-state index contributed by atoms with van der Waals surface area (Å²) < 4.78 is 39.9. The molecule has 0 aromatic heterocycles. The first-order valence-electron chi connectivity index (χ1n) is 6.25. The minimum atomic E-state index is -3.84. The lowest BCUT2D eigenvalue weighted by Crippen LogP contribution is -2.25. The lowest BCUT2D eigenvalue weighted by atomic mass is 10.2. The summed E-state index contributed by atoms with van der Waals surface area (Å²) in [4.78, 5) is 9.51. The topological polar surface area (TPSA) is 89.3 Å². The Labute approximate surface area is 116 Å². The first-order chi connectivity index (χ1) is 9.31. The molecule has 0 heterocycles. The fourth-order valence-electron chi connectivity index (χ4n) is 1.89. The summed E-state index contributed by atoms with van der Waals surface area (Å²) in [5, 5.41) is 10.7. The monoisotopic (exact) mass is 302 g/mol. The minimum Gasteiger partial charge on any atom is -0.258 e. The number of halogens is 1. The highest BCUT2D eigenvalue weighted by Crippen LogP contribution is 2.32. The van der Waals surface area contributed by atoms with Gasteiger partial charge in [-0.15, -0.1) is 0 Å². The van der Waals surface area contributed by atoms with Crippen molar-refractivity contribution in [1.82, 2.24) is 4.72 Å². The van der Waals surface area contributed by atoms with Crippen LogP contribution >= 0.6 is 0 Å². The second-order valence-corrected chi connectivity index (χ2v) is 6.73. The van der Waals surface area contributed by atoms with Crippen molar-refractivity contribution >= 4 is 15.7 Å². The smallest absolute Gasteiger partial charge is 0.258 e. The van der Waals surface area contributed by atoms with Crippen LogP contribution in [-0.2, 0) is 10.0 Å². The summed E-state index contributed by atoms with van der Waals surface area (Å²) in [5.41, 5.74) is -0.894. The maximum Gasteiger partial charge on any atom is 0.306 e. The Bertz CT molecular complexity index is 641. The van der Waals surface area contributed by atoms with Crippen molar-refractivity contribution < 1.29 is 17.7 Å². The molecular weight excluding hydrogens is 287 g/mol. The van der Waals surface area contributed by atoms with Crippen LogP contribution in [0.2, 0.25) is 0 Å². The van der Waals surface area contributed by atoms with E-state index >= 15 is 0 Å². The third kappa shape index (κ3) is 3.31. The number of nitro groups is 1. The molecule has 0 spiro atoms. The number of hydrogen-bond acceptors (Lipinski definition) is 4. The maximum absolute atomic E-state index is 13.5. The van der Waals surface area contributed by atoms with Crippen LogP contribution < -0.4 is 4.72 Å². The Morgan fingerprint density at radius 3 is 2.65 bits per heavy atom. The van der Waals surface area contributed by atoms with Gasteiger partial charge in [-0.05, 0) is 30.9 Å². The second-order valence-electron chi connectivity index (χ2n) is 4.96. The van der Waals surface area contributed by atoms with Crippen LogP contribution in [0.3, 0.4) is 0 Å². The Kier molecular flexibility index (Phi) is 4.05. The average molecular weight is 302 g/mol. The molecule has 1 saturated carbocycles. The van der Waals surface area contributed by atoms with E-state index in [1.807, 2.05) is 0 Å². The number of hydrogen-bond donors (Lipinski definition) is 1. The van der Waals surface area contributed by atoms with E-state index in [0.29, 0.717) is 5.92 Å². The molecule has 2 rings (SSSR count). The summed E-state index contributed by atoms with van der Waals surface area (Å²) in [6, 6.07) is 1.85. The molecule has 0 unspecified atom stereocenters. The summed E-state index contributed by atoms with van der Waals surface area (Å²) in [6.45, 7) is 1.59. The molecule has 0 atom stereocenters. The van der Waals surface area contributed by atoms with Crippen molar-refractivity contribution in [2.24, 2.45) is 5.92 Å². The van der Waals surface area contributed by atoms with Gasteiger partial charge in [-0.3, -0.25) is 10.1 Å². The van der Waals surface area contributed by atoms with Crippen molar-refractivity contribution in [3.63, 3.8) is 0 Å². The molecule has 1 fully saturated rings. The highest BCUT2D eigenvalue weighted by molar-refractivity contribution is 7.89. The number of sulfonamides is 1. The SMILES string of the molecule is Cc1cc(S(=O)(=O)NCCC2CC2)cc([N+](=O)[O-])c1F. The third-order valence-corrected chi connectivity index (χ3v) is 4.70. The third-order valence-electron chi connectivity index (χ3n) is 3.26. The van der Waals surface area contributed by atoms with Crippen LogP contribution in [0.25, 0.3) is 0 Å². The number of nitrogens with one attached hydrogen (secondary N) is 1. The molecule has 0 saturated heterocycles. The first kappa shape index (κ1) is 14.9. The van der Waals surface area contributed by atoms with E-state index in [9.17, 15) is 22.9 Å².